The van der Waals surface area contributed by atoms with Crippen molar-refractivity contribution >= 4 is 0 Å². The summed E-state index contributed by atoms with van der Waals surface area (Å²) in [6, 6.07) is 86.1. The van der Waals surface area contributed by atoms with Crippen molar-refractivity contribution < 1.29 is 0 Å². The van der Waals surface area contributed by atoms with Crippen molar-refractivity contribution in [3.63, 3.8) is 0 Å². The minimum Gasteiger partial charge on any atom is -0.228 e. The molecule has 9 aromatic carbocycles. The monoisotopic (exact) mass is 843 g/mol. The van der Waals surface area contributed by atoms with Crippen LogP contribution in [0.5, 0.6) is 0 Å². The third-order valence-electron chi connectivity index (χ3n) is 11.8. The molecule has 66 heavy (non-hydrogen) atoms. The van der Waals surface area contributed by atoms with Gasteiger partial charge < -0.3 is 0 Å². The van der Waals surface area contributed by atoms with Crippen molar-refractivity contribution in [2.24, 2.45) is 0 Å². The predicted octanol–water partition coefficient (Wildman–Crippen LogP) is 15.3. The van der Waals surface area contributed by atoms with E-state index < -0.39 is 0 Å². The molecule has 11 aromatic rings. The second kappa shape index (κ2) is 18.0. The first-order chi connectivity index (χ1) is 32.7. The van der Waals surface area contributed by atoms with E-state index >= 15 is 0 Å². The summed E-state index contributed by atoms with van der Waals surface area (Å²) in [5.74, 6) is 2.65. The lowest BCUT2D eigenvalue weighted by atomic mass is 9.95. The molecule has 0 aliphatic heterocycles. The fraction of sp³-hybridized carbons (Fsp3) is 0. The summed E-state index contributed by atoms with van der Waals surface area (Å²) in [6.07, 6.45) is 0. The molecule has 0 radical (unpaired) electrons. The van der Waals surface area contributed by atoms with Gasteiger partial charge in [-0.3, -0.25) is 0 Å². The molecule has 0 unspecified atom stereocenters. The molecule has 310 valence electrons. The highest BCUT2D eigenvalue weighted by Crippen LogP contribution is 2.34. The number of rotatable bonds is 10. The van der Waals surface area contributed by atoms with Gasteiger partial charge in [0, 0.05) is 33.4 Å². The van der Waals surface area contributed by atoms with Gasteiger partial charge in [-0.05, 0) is 62.7 Å². The maximum atomic E-state index is 5.02. The Morgan fingerprint density at radius 3 is 0.712 bits per heavy atom. The molecular weight excluding hydrogens is 803 g/mol. The van der Waals surface area contributed by atoms with Gasteiger partial charge in [0.2, 0.25) is 0 Å². The van der Waals surface area contributed by atoms with Gasteiger partial charge in [0.1, 0.15) is 0 Å². The Balaban J connectivity index is 0.819. The Labute approximate surface area is 384 Å². The first-order valence-corrected chi connectivity index (χ1v) is 22.1. The third-order valence-corrected chi connectivity index (χ3v) is 11.8. The van der Waals surface area contributed by atoms with Crippen LogP contribution in [0.4, 0.5) is 0 Å². The summed E-state index contributed by atoms with van der Waals surface area (Å²) < 4.78 is 0. The van der Waals surface area contributed by atoms with Gasteiger partial charge in [-0.15, -0.1) is 0 Å². The predicted molar refractivity (Wildman–Crippen MR) is 270 cm³/mol. The maximum Gasteiger partial charge on any atom is 0.164 e. The van der Waals surface area contributed by atoms with E-state index in [-0.39, 0.29) is 0 Å². The van der Waals surface area contributed by atoms with Crippen LogP contribution in [0.25, 0.3) is 113 Å². The Hall–Kier alpha value is -8.93. The van der Waals surface area contributed by atoms with Crippen molar-refractivity contribution in [3.05, 3.63) is 249 Å². The Morgan fingerprint density at radius 2 is 0.379 bits per heavy atom. The summed E-state index contributed by atoms with van der Waals surface area (Å²) in [5.41, 5.74) is 16.9. The van der Waals surface area contributed by atoms with Crippen LogP contribution in [0, 0.1) is 0 Å². The van der Waals surface area contributed by atoms with Crippen LogP contribution in [-0.4, -0.2) is 24.9 Å². The molecule has 5 nitrogen and oxygen atoms in total. The second-order valence-electron chi connectivity index (χ2n) is 16.1. The Kier molecular flexibility index (Phi) is 10.9. The molecule has 0 aliphatic carbocycles. The molecule has 0 bridgehead atoms. The number of benzene rings is 9. The Bertz CT molecular complexity index is 3060. The van der Waals surface area contributed by atoms with Crippen molar-refractivity contribution in [1.82, 2.24) is 24.9 Å². The topological polar surface area (TPSA) is 64.5 Å². The lowest BCUT2D eigenvalue weighted by Gasteiger charge is -2.11. The van der Waals surface area contributed by atoms with Gasteiger partial charge >= 0.3 is 0 Å². The van der Waals surface area contributed by atoms with Crippen molar-refractivity contribution in [2.75, 3.05) is 0 Å². The highest BCUT2D eigenvalue weighted by Gasteiger charge is 2.14. The van der Waals surface area contributed by atoms with Crippen molar-refractivity contribution in [1.29, 1.82) is 0 Å². The molecule has 5 heteroatoms. The molecule has 2 heterocycles. The van der Waals surface area contributed by atoms with E-state index in [0.717, 1.165) is 89.3 Å². The standard InChI is InChI=1S/C61H41N5/c1-5-15-46(16-6-1)56-41-57(63-58(62-56)48-17-7-2-8-18-48)47-35-31-44(32-36-47)54-25-13-23-52(39-54)42-27-29-43(30-28-42)53-24-14-26-55(40-53)45-33-37-51(38-34-45)61-65-59(49-19-9-3-10-20-49)64-60(66-61)50-21-11-4-12-22-50/h1-41H. The molecule has 11 rings (SSSR count). The first-order valence-electron chi connectivity index (χ1n) is 22.1. The second-order valence-corrected chi connectivity index (χ2v) is 16.1. The summed E-state index contributed by atoms with van der Waals surface area (Å²) >= 11 is 0. The van der Waals surface area contributed by atoms with Crippen LogP contribution in [0.1, 0.15) is 0 Å². The number of hydrogen-bond acceptors (Lipinski definition) is 5. The minimum atomic E-state index is 0.640. The number of nitrogens with zero attached hydrogens (tertiary/aromatic N) is 5. The van der Waals surface area contributed by atoms with Gasteiger partial charge in [0.15, 0.2) is 23.3 Å². The lowest BCUT2D eigenvalue weighted by molar-refractivity contribution is 1.07. The molecule has 2 aromatic heterocycles. The normalized spacial score (nSPS) is 11.0. The number of aromatic nitrogens is 5. The SMILES string of the molecule is c1ccc(-c2cc(-c3ccc(-c4cccc(-c5ccc(-c6cccc(-c7ccc(-c8nc(-c9ccccc9)nc(-c9ccccc9)n8)cc7)c6)cc5)c4)cc3)nc(-c3ccccc3)n2)cc1. The highest BCUT2D eigenvalue weighted by molar-refractivity contribution is 5.80. The third kappa shape index (κ3) is 8.57. The van der Waals surface area contributed by atoms with Gasteiger partial charge in [-0.25, -0.2) is 24.9 Å². The Morgan fingerprint density at radius 1 is 0.152 bits per heavy atom. The van der Waals surface area contributed by atoms with E-state index in [1.54, 1.807) is 0 Å². The van der Waals surface area contributed by atoms with E-state index in [4.69, 9.17) is 24.9 Å². The van der Waals surface area contributed by atoms with Gasteiger partial charge in [0.05, 0.1) is 11.4 Å². The fourth-order valence-corrected chi connectivity index (χ4v) is 8.26. The van der Waals surface area contributed by atoms with Crippen LogP contribution in [0.3, 0.4) is 0 Å². The lowest BCUT2D eigenvalue weighted by Crippen LogP contribution is -2.00. The maximum absolute atomic E-state index is 5.02. The molecular formula is C61H41N5. The van der Waals surface area contributed by atoms with E-state index in [2.05, 4.69) is 152 Å². The van der Waals surface area contributed by atoms with E-state index in [9.17, 15) is 0 Å². The zero-order valence-corrected chi connectivity index (χ0v) is 35.9. The molecule has 0 aliphatic rings. The largest absolute Gasteiger partial charge is 0.228 e. The van der Waals surface area contributed by atoms with Gasteiger partial charge in [0.25, 0.3) is 0 Å². The van der Waals surface area contributed by atoms with Gasteiger partial charge in [-0.1, -0.05) is 231 Å². The molecule has 0 amide bonds. The summed E-state index contributed by atoms with van der Waals surface area (Å²) in [6.45, 7) is 0. The van der Waals surface area contributed by atoms with Crippen LogP contribution >= 0.6 is 0 Å². The van der Waals surface area contributed by atoms with E-state index in [0.29, 0.717) is 23.3 Å². The zero-order chi connectivity index (χ0) is 44.1. The summed E-state index contributed by atoms with van der Waals surface area (Å²) in [7, 11) is 0. The highest BCUT2D eigenvalue weighted by atomic mass is 15.0. The molecule has 0 saturated carbocycles. The van der Waals surface area contributed by atoms with Crippen LogP contribution < -0.4 is 0 Å². The molecule has 0 fully saturated rings. The number of hydrogen-bond donors (Lipinski definition) is 0. The molecule has 0 spiro atoms. The van der Waals surface area contributed by atoms with Gasteiger partial charge in [-0.2, -0.15) is 0 Å². The fourth-order valence-electron chi connectivity index (χ4n) is 8.26. The zero-order valence-electron chi connectivity index (χ0n) is 35.9. The van der Waals surface area contributed by atoms with E-state index in [1.165, 1.54) is 0 Å². The van der Waals surface area contributed by atoms with Crippen LogP contribution in [0.15, 0.2) is 249 Å². The minimum absolute atomic E-state index is 0.640. The van der Waals surface area contributed by atoms with E-state index in [1.807, 2.05) is 97.1 Å². The summed E-state index contributed by atoms with van der Waals surface area (Å²) in [5, 5.41) is 0. The van der Waals surface area contributed by atoms with Crippen molar-refractivity contribution in [3.8, 4) is 113 Å². The average molecular weight is 844 g/mol. The molecule has 0 N–H and O–H groups in total. The van der Waals surface area contributed by atoms with Crippen LogP contribution in [-0.2, 0) is 0 Å². The average Bonchev–Trinajstić information content (AvgIpc) is 3.42. The molecule has 0 saturated heterocycles. The van der Waals surface area contributed by atoms with Crippen LogP contribution in [0.2, 0.25) is 0 Å². The summed E-state index contributed by atoms with van der Waals surface area (Å²) in [4.78, 5) is 24.6. The van der Waals surface area contributed by atoms with Crippen molar-refractivity contribution in [2.45, 2.75) is 0 Å². The first kappa shape index (κ1) is 39.9. The quantitative estimate of drug-likeness (QED) is 0.137. The molecule has 0 atom stereocenters. The smallest absolute Gasteiger partial charge is 0.164 e.